The minimum Gasteiger partial charge on any atom is -0.461 e. The van der Waals surface area contributed by atoms with Crippen LogP contribution in [0.2, 0.25) is 22.2 Å². The molecule has 0 aromatic heterocycles. The van der Waals surface area contributed by atoms with Crippen molar-refractivity contribution in [3.8, 4) is 0 Å². The number of benzene rings is 1. The van der Waals surface area contributed by atoms with Crippen molar-refractivity contribution in [2.24, 2.45) is 0 Å². The molecule has 2 aliphatic heterocycles. The number of hydrogen-bond acceptors (Lipinski definition) is 11. The first-order valence-corrected chi connectivity index (χ1v) is 19.7. The van der Waals surface area contributed by atoms with E-state index in [2.05, 4.69) is 32.4 Å². The molecular formula is C28H46O11SSi2. The van der Waals surface area contributed by atoms with E-state index in [9.17, 15) is 18.0 Å². The summed E-state index contributed by atoms with van der Waals surface area (Å²) >= 11 is 0. The third-order valence-corrected chi connectivity index (χ3v) is 19.6. The van der Waals surface area contributed by atoms with Crippen LogP contribution in [-0.2, 0) is 51.1 Å². The summed E-state index contributed by atoms with van der Waals surface area (Å²) in [5.41, 5.74) is -0.805. The van der Waals surface area contributed by atoms with E-state index in [4.69, 9.17) is 26.6 Å². The number of fused-ring (bicyclic) bond motifs is 1. The molecule has 2 heterocycles. The molecule has 238 valence electrons. The van der Waals surface area contributed by atoms with E-state index in [0.717, 1.165) is 12.7 Å². The molecule has 0 unspecified atom stereocenters. The largest absolute Gasteiger partial charge is 0.461 e. The van der Waals surface area contributed by atoms with Gasteiger partial charge in [0, 0.05) is 0 Å². The second-order valence-electron chi connectivity index (χ2n) is 12.3. The number of hydrogen-bond donors (Lipinski definition) is 0. The van der Waals surface area contributed by atoms with Crippen molar-refractivity contribution in [3.63, 3.8) is 0 Å². The fraction of sp³-hybridized carbons (Fsp3) is 0.714. The van der Waals surface area contributed by atoms with E-state index in [1.165, 1.54) is 12.1 Å². The first kappa shape index (κ1) is 34.8. The fourth-order valence-electron chi connectivity index (χ4n) is 5.70. The van der Waals surface area contributed by atoms with Crippen LogP contribution in [0.1, 0.15) is 61.0 Å². The molecule has 14 heteroatoms. The van der Waals surface area contributed by atoms with Crippen LogP contribution in [0, 0.1) is 6.92 Å². The van der Waals surface area contributed by atoms with Gasteiger partial charge >= 0.3 is 29.1 Å². The molecule has 0 amide bonds. The van der Waals surface area contributed by atoms with Crippen LogP contribution in [0.5, 0.6) is 0 Å². The third-order valence-electron chi connectivity index (χ3n) is 8.13. The van der Waals surface area contributed by atoms with Crippen LogP contribution in [0.3, 0.4) is 0 Å². The van der Waals surface area contributed by atoms with Gasteiger partial charge < -0.3 is 27.2 Å². The molecule has 0 aliphatic carbocycles. The Labute approximate surface area is 252 Å². The standard InChI is InChI=1S/C28H46O11SSi2/c1-18(2)41(19(3)4)36-17-28(37-27(30)26(29)33-10)16-34-24(25(28)38-42(39-41,20(5)6)21(7)8)15-35-40(31,32)23-13-11-22(9)12-14-23/h11-14,18-21,24-25H,15-17H2,1-10H3/t24-,25-,28+/m0/s1. The summed E-state index contributed by atoms with van der Waals surface area (Å²) in [5, 5.41) is 0. The van der Waals surface area contributed by atoms with Crippen molar-refractivity contribution in [3.05, 3.63) is 29.8 Å². The smallest absolute Gasteiger partial charge is 0.418 e. The van der Waals surface area contributed by atoms with Crippen molar-refractivity contribution < 1.29 is 49.4 Å². The molecular weight excluding hydrogens is 601 g/mol. The van der Waals surface area contributed by atoms with E-state index in [-0.39, 0.29) is 40.3 Å². The zero-order valence-corrected chi connectivity index (χ0v) is 29.1. The van der Waals surface area contributed by atoms with E-state index in [1.54, 1.807) is 12.1 Å². The van der Waals surface area contributed by atoms with Gasteiger partial charge in [-0.1, -0.05) is 73.1 Å². The van der Waals surface area contributed by atoms with Gasteiger partial charge in [0.25, 0.3) is 10.1 Å². The molecule has 0 bridgehead atoms. The molecule has 0 radical (unpaired) electrons. The van der Waals surface area contributed by atoms with E-state index in [0.29, 0.717) is 0 Å². The predicted octanol–water partition coefficient (Wildman–Crippen LogP) is 4.51. The number of carbonyl (C=O) groups excluding carboxylic acids is 2. The summed E-state index contributed by atoms with van der Waals surface area (Å²) < 4.78 is 69.1. The number of carbonyl (C=O) groups is 2. The first-order chi connectivity index (χ1) is 19.5. The van der Waals surface area contributed by atoms with Gasteiger partial charge in [-0.15, -0.1) is 0 Å². The molecule has 2 aliphatic rings. The maximum Gasteiger partial charge on any atom is 0.418 e. The van der Waals surface area contributed by atoms with Crippen molar-refractivity contribution in [1.29, 1.82) is 0 Å². The zero-order valence-electron chi connectivity index (χ0n) is 26.3. The van der Waals surface area contributed by atoms with Gasteiger partial charge in [-0.3, -0.25) is 4.18 Å². The highest BCUT2D eigenvalue weighted by Crippen LogP contribution is 2.49. The molecule has 0 saturated carbocycles. The van der Waals surface area contributed by atoms with Crippen LogP contribution >= 0.6 is 0 Å². The average Bonchev–Trinajstić information content (AvgIpc) is 3.22. The van der Waals surface area contributed by atoms with Gasteiger partial charge in [-0.05, 0) is 41.2 Å². The minimum atomic E-state index is -4.14. The second kappa shape index (κ2) is 13.1. The van der Waals surface area contributed by atoms with Crippen molar-refractivity contribution in [2.45, 2.75) is 107 Å². The molecule has 2 saturated heterocycles. The molecule has 0 spiro atoms. The molecule has 2 fully saturated rings. The second-order valence-corrected chi connectivity index (χ2v) is 22.8. The monoisotopic (exact) mass is 646 g/mol. The number of esters is 2. The van der Waals surface area contributed by atoms with Gasteiger partial charge in [0.05, 0.1) is 31.8 Å². The Morgan fingerprint density at radius 1 is 0.905 bits per heavy atom. The highest BCUT2D eigenvalue weighted by Gasteiger charge is 2.65. The Bertz CT molecular complexity index is 1200. The SMILES string of the molecule is COC(=O)C(=O)O[C@@]12CO[C@@H](COS(=O)(=O)c3ccc(C)cc3)[C@@H]1O[Si](C(C)C)(C(C)C)O[Si](C(C)C)(C(C)C)OC2. The Kier molecular flexibility index (Phi) is 10.9. The zero-order chi connectivity index (χ0) is 31.7. The third kappa shape index (κ3) is 6.70. The summed E-state index contributed by atoms with van der Waals surface area (Å²) in [6, 6.07) is 6.29. The summed E-state index contributed by atoms with van der Waals surface area (Å²) in [6.07, 6.45) is -2.04. The highest BCUT2D eigenvalue weighted by atomic mass is 32.2. The van der Waals surface area contributed by atoms with Gasteiger partial charge in [0.1, 0.15) is 12.2 Å². The molecule has 1 aromatic carbocycles. The molecule has 11 nitrogen and oxygen atoms in total. The highest BCUT2D eigenvalue weighted by molar-refractivity contribution is 7.86. The minimum absolute atomic E-state index is 0.00235. The average molecular weight is 647 g/mol. The topological polar surface area (TPSA) is 133 Å². The first-order valence-electron chi connectivity index (χ1n) is 14.4. The van der Waals surface area contributed by atoms with Gasteiger partial charge in [0.15, 0.2) is 5.60 Å². The van der Waals surface area contributed by atoms with Crippen molar-refractivity contribution >= 4 is 39.2 Å². The lowest BCUT2D eigenvalue weighted by Gasteiger charge is -2.53. The van der Waals surface area contributed by atoms with Crippen LogP contribution < -0.4 is 0 Å². The number of methoxy groups -OCH3 is 1. The maximum absolute atomic E-state index is 13.0. The summed E-state index contributed by atoms with van der Waals surface area (Å²) in [4.78, 5) is 25.1. The maximum atomic E-state index is 13.0. The Morgan fingerprint density at radius 2 is 1.45 bits per heavy atom. The molecule has 3 rings (SSSR count). The van der Waals surface area contributed by atoms with Crippen LogP contribution in [0.4, 0.5) is 0 Å². The molecule has 3 atom stereocenters. The number of ether oxygens (including phenoxy) is 3. The van der Waals surface area contributed by atoms with Crippen molar-refractivity contribution in [1.82, 2.24) is 0 Å². The van der Waals surface area contributed by atoms with Gasteiger partial charge in [0.2, 0.25) is 0 Å². The Hall–Kier alpha value is -1.66. The Balaban J connectivity index is 2.11. The van der Waals surface area contributed by atoms with Gasteiger partial charge in [-0.2, -0.15) is 8.42 Å². The van der Waals surface area contributed by atoms with Crippen LogP contribution in [0.15, 0.2) is 29.2 Å². The lowest BCUT2D eigenvalue weighted by Crippen LogP contribution is -2.69. The number of aryl methyl sites for hydroxylation is 1. The Morgan fingerprint density at radius 3 is 1.95 bits per heavy atom. The quantitative estimate of drug-likeness (QED) is 0.162. The fourth-order valence-corrected chi connectivity index (χ4v) is 17.9. The van der Waals surface area contributed by atoms with Crippen molar-refractivity contribution in [2.75, 3.05) is 26.9 Å². The predicted molar refractivity (Wildman–Crippen MR) is 159 cm³/mol. The lowest BCUT2D eigenvalue weighted by molar-refractivity contribution is -0.187. The lowest BCUT2D eigenvalue weighted by atomic mass is 9.97. The van der Waals surface area contributed by atoms with E-state index >= 15 is 0 Å². The van der Waals surface area contributed by atoms with Crippen LogP contribution in [0.25, 0.3) is 0 Å². The summed E-state index contributed by atoms with van der Waals surface area (Å²) in [7, 11) is -9.35. The van der Waals surface area contributed by atoms with Gasteiger partial charge in [-0.25, -0.2) is 9.59 Å². The molecule has 42 heavy (non-hydrogen) atoms. The summed E-state index contributed by atoms with van der Waals surface area (Å²) in [5.74, 6) is -2.41. The number of rotatable bonds is 9. The van der Waals surface area contributed by atoms with E-state index < -0.39 is 63.6 Å². The molecule has 1 aromatic rings. The van der Waals surface area contributed by atoms with Crippen LogP contribution in [-0.4, -0.2) is 82.2 Å². The molecule has 0 N–H and O–H groups in total. The normalized spacial score (nSPS) is 25.8. The summed E-state index contributed by atoms with van der Waals surface area (Å²) in [6.45, 7) is 17.4. The van der Waals surface area contributed by atoms with E-state index in [1.807, 2.05) is 34.6 Å².